The van der Waals surface area contributed by atoms with Crippen molar-refractivity contribution in [2.24, 2.45) is 0 Å². The van der Waals surface area contributed by atoms with Gasteiger partial charge in [0, 0.05) is 29.1 Å². The van der Waals surface area contributed by atoms with Crippen LogP contribution in [0, 0.1) is 0 Å². The number of hydrogen-bond donors (Lipinski definition) is 2. The average Bonchev–Trinajstić information content (AvgIpc) is 2.32. The van der Waals surface area contributed by atoms with Crippen LogP contribution in [0.4, 0.5) is 5.82 Å². The van der Waals surface area contributed by atoms with Crippen LogP contribution in [0.15, 0.2) is 11.1 Å². The predicted molar refractivity (Wildman–Crippen MR) is 71.9 cm³/mol. The molecule has 7 heteroatoms. The molecule has 1 atom stereocenters. The summed E-state index contributed by atoms with van der Waals surface area (Å²) < 4.78 is 0. The molecule has 2 heterocycles. The van der Waals surface area contributed by atoms with Crippen molar-refractivity contribution in [2.45, 2.75) is 5.25 Å². The predicted octanol–water partition coefficient (Wildman–Crippen LogP) is 1.68. The van der Waals surface area contributed by atoms with Gasteiger partial charge in [-0.1, -0.05) is 11.6 Å². The van der Waals surface area contributed by atoms with Gasteiger partial charge in [-0.15, -0.1) is 0 Å². The van der Waals surface area contributed by atoms with E-state index in [0.717, 1.165) is 12.3 Å². The number of hydrogen-bond acceptors (Lipinski definition) is 5. The summed E-state index contributed by atoms with van der Waals surface area (Å²) in [5.41, 5.74) is -0.301. The number of nitrogens with one attached hydrogen (secondary N) is 2. The van der Waals surface area contributed by atoms with Crippen LogP contribution in [0.1, 0.15) is 0 Å². The van der Waals surface area contributed by atoms with E-state index in [4.69, 9.17) is 11.6 Å². The van der Waals surface area contributed by atoms with Crippen LogP contribution >= 0.6 is 35.1 Å². The Labute approximate surface area is 107 Å². The van der Waals surface area contributed by atoms with Gasteiger partial charge in [0.05, 0.1) is 6.33 Å². The lowest BCUT2D eigenvalue weighted by Gasteiger charge is -2.21. The zero-order valence-corrected chi connectivity index (χ0v) is 10.9. The highest BCUT2D eigenvalue weighted by atomic mass is 35.5. The highest BCUT2D eigenvalue weighted by Crippen LogP contribution is 2.24. The maximum Gasteiger partial charge on any atom is 0.271 e. The number of aromatic nitrogens is 2. The maximum atomic E-state index is 11.2. The standard InChI is InChI=1S/C9H12ClN3OS2/c10-7-8(12-5-13-9(7)14)11-3-6-4-15-1-2-16-6/h5-6H,1-4H2,(H2,11,12,13,14). The summed E-state index contributed by atoms with van der Waals surface area (Å²) in [6, 6.07) is 0. The molecule has 1 unspecified atom stereocenters. The van der Waals surface area contributed by atoms with E-state index in [1.54, 1.807) is 0 Å². The third-order valence-electron chi connectivity index (χ3n) is 2.18. The first kappa shape index (κ1) is 12.1. The first-order valence-corrected chi connectivity index (χ1v) is 7.52. The van der Waals surface area contributed by atoms with Crippen LogP contribution in [0.3, 0.4) is 0 Å². The van der Waals surface area contributed by atoms with Gasteiger partial charge in [-0.3, -0.25) is 4.79 Å². The minimum Gasteiger partial charge on any atom is -0.367 e. The van der Waals surface area contributed by atoms with Crippen molar-refractivity contribution in [1.82, 2.24) is 9.97 Å². The number of H-pyrrole nitrogens is 1. The molecule has 1 aliphatic rings. The van der Waals surface area contributed by atoms with Crippen molar-refractivity contribution in [3.05, 3.63) is 21.7 Å². The van der Waals surface area contributed by atoms with E-state index in [1.165, 1.54) is 17.8 Å². The Morgan fingerprint density at radius 1 is 1.62 bits per heavy atom. The van der Waals surface area contributed by atoms with E-state index >= 15 is 0 Å². The Bertz CT molecular complexity index is 406. The van der Waals surface area contributed by atoms with Gasteiger partial charge in [-0.2, -0.15) is 23.5 Å². The molecule has 1 saturated heterocycles. The minimum absolute atomic E-state index is 0.135. The molecule has 2 N–H and O–H groups in total. The second kappa shape index (κ2) is 5.84. The van der Waals surface area contributed by atoms with E-state index in [2.05, 4.69) is 15.3 Å². The Balaban J connectivity index is 1.93. The van der Waals surface area contributed by atoms with E-state index in [9.17, 15) is 4.79 Å². The SMILES string of the molecule is O=c1[nH]cnc(NCC2CSCCS2)c1Cl. The lowest BCUT2D eigenvalue weighted by molar-refractivity contribution is 0.983. The fourth-order valence-electron chi connectivity index (χ4n) is 1.37. The summed E-state index contributed by atoms with van der Waals surface area (Å²) >= 11 is 9.75. The zero-order chi connectivity index (χ0) is 11.4. The molecule has 4 nitrogen and oxygen atoms in total. The molecule has 88 valence electrons. The van der Waals surface area contributed by atoms with Crippen LogP contribution in [-0.4, -0.2) is 39.0 Å². The van der Waals surface area contributed by atoms with Crippen molar-refractivity contribution in [1.29, 1.82) is 0 Å². The molecule has 0 spiro atoms. The molecule has 0 aliphatic carbocycles. The van der Waals surface area contributed by atoms with Gasteiger partial charge in [0.15, 0.2) is 5.82 Å². The Hall–Kier alpha value is -0.330. The van der Waals surface area contributed by atoms with E-state index in [1.807, 2.05) is 23.5 Å². The molecule has 1 aromatic rings. The highest BCUT2D eigenvalue weighted by Gasteiger charge is 2.15. The van der Waals surface area contributed by atoms with Crippen LogP contribution in [0.25, 0.3) is 0 Å². The third kappa shape index (κ3) is 3.09. The van der Waals surface area contributed by atoms with E-state index < -0.39 is 0 Å². The van der Waals surface area contributed by atoms with Gasteiger partial charge in [0.1, 0.15) is 5.02 Å². The summed E-state index contributed by atoms with van der Waals surface area (Å²) in [6.45, 7) is 0.799. The topological polar surface area (TPSA) is 57.8 Å². The Morgan fingerprint density at radius 2 is 2.50 bits per heavy atom. The monoisotopic (exact) mass is 277 g/mol. The van der Waals surface area contributed by atoms with Crippen molar-refractivity contribution in [3.8, 4) is 0 Å². The van der Waals surface area contributed by atoms with Crippen LogP contribution < -0.4 is 10.9 Å². The van der Waals surface area contributed by atoms with Gasteiger partial charge in [0.2, 0.25) is 0 Å². The average molecular weight is 278 g/mol. The first-order valence-electron chi connectivity index (χ1n) is 4.94. The number of nitrogens with zero attached hydrogens (tertiary/aromatic N) is 1. The molecular weight excluding hydrogens is 266 g/mol. The van der Waals surface area contributed by atoms with Gasteiger partial charge >= 0.3 is 0 Å². The van der Waals surface area contributed by atoms with E-state index in [0.29, 0.717) is 11.1 Å². The summed E-state index contributed by atoms with van der Waals surface area (Å²) in [7, 11) is 0. The van der Waals surface area contributed by atoms with Crippen molar-refractivity contribution in [2.75, 3.05) is 29.1 Å². The van der Waals surface area contributed by atoms with Gasteiger partial charge in [-0.05, 0) is 0 Å². The van der Waals surface area contributed by atoms with Crippen molar-refractivity contribution in [3.63, 3.8) is 0 Å². The third-order valence-corrected chi connectivity index (χ3v) is 5.37. The second-order valence-electron chi connectivity index (χ2n) is 3.34. The molecule has 0 amide bonds. The smallest absolute Gasteiger partial charge is 0.271 e. The maximum absolute atomic E-state index is 11.2. The number of halogens is 1. The van der Waals surface area contributed by atoms with Crippen LogP contribution in [0.2, 0.25) is 5.02 Å². The normalized spacial score (nSPS) is 20.7. The molecule has 1 aliphatic heterocycles. The van der Waals surface area contributed by atoms with Gasteiger partial charge < -0.3 is 10.3 Å². The van der Waals surface area contributed by atoms with Crippen LogP contribution in [-0.2, 0) is 0 Å². The van der Waals surface area contributed by atoms with E-state index in [-0.39, 0.29) is 10.6 Å². The Kier molecular flexibility index (Phi) is 4.43. The molecule has 0 radical (unpaired) electrons. The molecule has 1 aromatic heterocycles. The molecule has 1 fully saturated rings. The molecule has 0 bridgehead atoms. The molecule has 0 aromatic carbocycles. The second-order valence-corrected chi connectivity index (χ2v) is 6.28. The molecule has 0 saturated carbocycles. The fraction of sp³-hybridized carbons (Fsp3) is 0.556. The summed E-state index contributed by atoms with van der Waals surface area (Å²) in [5, 5.41) is 3.83. The lowest BCUT2D eigenvalue weighted by atomic mass is 10.4. The number of thioether (sulfide) groups is 2. The number of rotatable bonds is 3. The fourth-order valence-corrected chi connectivity index (χ4v) is 4.15. The van der Waals surface area contributed by atoms with Gasteiger partial charge in [-0.25, -0.2) is 4.98 Å². The largest absolute Gasteiger partial charge is 0.367 e. The number of anilines is 1. The first-order chi connectivity index (χ1) is 7.77. The highest BCUT2D eigenvalue weighted by molar-refractivity contribution is 8.06. The zero-order valence-electron chi connectivity index (χ0n) is 8.53. The lowest BCUT2D eigenvalue weighted by Crippen LogP contribution is -2.24. The van der Waals surface area contributed by atoms with Crippen molar-refractivity contribution < 1.29 is 0 Å². The summed E-state index contributed by atoms with van der Waals surface area (Å²) in [4.78, 5) is 17.7. The summed E-state index contributed by atoms with van der Waals surface area (Å²) in [5.74, 6) is 4.03. The molecular formula is C9H12ClN3OS2. The Morgan fingerprint density at radius 3 is 3.25 bits per heavy atom. The van der Waals surface area contributed by atoms with Crippen LogP contribution in [0.5, 0.6) is 0 Å². The quantitative estimate of drug-likeness (QED) is 0.880. The molecule has 16 heavy (non-hydrogen) atoms. The van der Waals surface area contributed by atoms with Crippen molar-refractivity contribution >= 4 is 40.9 Å². The minimum atomic E-state index is -0.301. The summed E-state index contributed by atoms with van der Waals surface area (Å²) in [6.07, 6.45) is 1.36. The molecule has 2 rings (SSSR count). The number of aromatic amines is 1. The van der Waals surface area contributed by atoms with Gasteiger partial charge in [0.25, 0.3) is 5.56 Å².